The number of rotatable bonds is 4. The molecule has 0 saturated heterocycles. The zero-order chi connectivity index (χ0) is 12.3. The number of hydrogen-bond donors (Lipinski definition) is 0. The van der Waals surface area contributed by atoms with E-state index in [-0.39, 0.29) is 0 Å². The average Bonchev–Trinajstić information content (AvgIpc) is 2.77. The van der Waals surface area contributed by atoms with E-state index in [1.165, 1.54) is 5.01 Å². The third-order valence-electron chi connectivity index (χ3n) is 2.37. The molecule has 2 rings (SSSR count). The summed E-state index contributed by atoms with van der Waals surface area (Å²) in [6.45, 7) is 4.41. The summed E-state index contributed by atoms with van der Waals surface area (Å²) in [5, 5.41) is 1.19. The highest BCUT2D eigenvalue weighted by molar-refractivity contribution is 7.15. The van der Waals surface area contributed by atoms with Crippen molar-refractivity contribution in [2.45, 2.75) is 20.3 Å². The van der Waals surface area contributed by atoms with Gasteiger partial charge in [-0.05, 0) is 12.0 Å². The molecule has 0 aliphatic carbocycles. The number of hydrogen-bond acceptors (Lipinski definition) is 4. The van der Waals surface area contributed by atoms with Crippen LogP contribution in [0.4, 0.5) is 0 Å². The predicted molar refractivity (Wildman–Crippen MR) is 70.4 cm³/mol. The Hall–Kier alpha value is -1.42. The predicted octanol–water partition coefficient (Wildman–Crippen LogP) is 3.41. The largest absolute Gasteiger partial charge is 0.481 e. The lowest BCUT2D eigenvalue weighted by molar-refractivity contribution is 0.398. The van der Waals surface area contributed by atoms with Gasteiger partial charge in [-0.2, -0.15) is 0 Å². The lowest BCUT2D eigenvalue weighted by atomic mass is 10.1. The third-order valence-corrected chi connectivity index (χ3v) is 3.44. The van der Waals surface area contributed by atoms with E-state index >= 15 is 0 Å². The number of thiazole rings is 1. The molecule has 0 aliphatic heterocycles. The lowest BCUT2D eigenvalue weighted by Crippen LogP contribution is -1.91. The second kappa shape index (κ2) is 5.27. The topological polar surface area (TPSA) is 35.0 Å². The molecule has 0 bridgehead atoms. The second-order valence-electron chi connectivity index (χ2n) is 4.31. The van der Waals surface area contributed by atoms with Crippen molar-refractivity contribution in [2.24, 2.45) is 5.92 Å². The zero-order valence-corrected chi connectivity index (χ0v) is 11.1. The van der Waals surface area contributed by atoms with Crippen LogP contribution < -0.4 is 4.74 Å². The SMILES string of the molecule is COc1ccc(-c2cnc(CC(C)C)s2)cn1. The van der Waals surface area contributed by atoms with Crippen molar-refractivity contribution >= 4 is 11.3 Å². The van der Waals surface area contributed by atoms with E-state index in [0.717, 1.165) is 16.9 Å². The van der Waals surface area contributed by atoms with Gasteiger partial charge < -0.3 is 4.74 Å². The van der Waals surface area contributed by atoms with Gasteiger partial charge in [-0.1, -0.05) is 13.8 Å². The lowest BCUT2D eigenvalue weighted by Gasteiger charge is -2.00. The first-order chi connectivity index (χ1) is 8.19. The molecule has 3 nitrogen and oxygen atoms in total. The number of pyridine rings is 1. The molecular formula is C13H16N2OS. The van der Waals surface area contributed by atoms with Gasteiger partial charge in [0.25, 0.3) is 0 Å². The van der Waals surface area contributed by atoms with Crippen LogP contribution in [0.3, 0.4) is 0 Å². The molecule has 17 heavy (non-hydrogen) atoms. The average molecular weight is 248 g/mol. The van der Waals surface area contributed by atoms with Gasteiger partial charge in [0, 0.05) is 30.4 Å². The number of methoxy groups -OCH3 is 1. The van der Waals surface area contributed by atoms with Gasteiger partial charge in [0.2, 0.25) is 5.88 Å². The summed E-state index contributed by atoms with van der Waals surface area (Å²) in [7, 11) is 1.62. The summed E-state index contributed by atoms with van der Waals surface area (Å²) in [5.74, 6) is 1.28. The molecule has 2 aromatic rings. The second-order valence-corrected chi connectivity index (χ2v) is 5.42. The monoisotopic (exact) mass is 248 g/mol. The molecule has 0 unspecified atom stereocenters. The van der Waals surface area contributed by atoms with Crippen molar-refractivity contribution in [1.82, 2.24) is 9.97 Å². The van der Waals surface area contributed by atoms with Crippen molar-refractivity contribution < 1.29 is 4.74 Å². The Morgan fingerprint density at radius 1 is 1.24 bits per heavy atom. The van der Waals surface area contributed by atoms with E-state index in [0.29, 0.717) is 11.8 Å². The Bertz CT molecular complexity index is 476. The summed E-state index contributed by atoms with van der Waals surface area (Å²) >= 11 is 1.74. The van der Waals surface area contributed by atoms with E-state index in [1.54, 1.807) is 18.4 Å². The summed E-state index contributed by atoms with van der Waals surface area (Å²) < 4.78 is 5.04. The minimum atomic E-state index is 0.640. The van der Waals surface area contributed by atoms with Gasteiger partial charge in [0.05, 0.1) is 17.0 Å². The number of ether oxygens (including phenoxy) is 1. The Morgan fingerprint density at radius 3 is 2.65 bits per heavy atom. The van der Waals surface area contributed by atoms with Gasteiger partial charge in [-0.15, -0.1) is 11.3 Å². The first-order valence-corrected chi connectivity index (χ1v) is 6.46. The molecule has 0 spiro atoms. The van der Waals surface area contributed by atoms with Gasteiger partial charge >= 0.3 is 0 Å². The third kappa shape index (κ3) is 3.03. The van der Waals surface area contributed by atoms with Crippen LogP contribution in [0, 0.1) is 5.92 Å². The van der Waals surface area contributed by atoms with Crippen LogP contribution in [-0.4, -0.2) is 17.1 Å². The molecule has 4 heteroatoms. The van der Waals surface area contributed by atoms with Gasteiger partial charge in [0.1, 0.15) is 0 Å². The van der Waals surface area contributed by atoms with Crippen LogP contribution >= 0.6 is 11.3 Å². The smallest absolute Gasteiger partial charge is 0.212 e. The van der Waals surface area contributed by atoms with Gasteiger partial charge in [-0.25, -0.2) is 9.97 Å². The van der Waals surface area contributed by atoms with Gasteiger partial charge in [0.15, 0.2) is 0 Å². The van der Waals surface area contributed by atoms with Crippen molar-refractivity contribution in [3.63, 3.8) is 0 Å². The Kier molecular flexibility index (Phi) is 3.74. The molecule has 0 aliphatic rings. The highest BCUT2D eigenvalue weighted by Crippen LogP contribution is 2.27. The van der Waals surface area contributed by atoms with E-state index in [1.807, 2.05) is 24.5 Å². The van der Waals surface area contributed by atoms with Crippen molar-refractivity contribution in [2.75, 3.05) is 7.11 Å². The molecule has 0 saturated carbocycles. The van der Waals surface area contributed by atoms with Crippen molar-refractivity contribution in [3.05, 3.63) is 29.5 Å². The van der Waals surface area contributed by atoms with Crippen LogP contribution in [0.1, 0.15) is 18.9 Å². The first-order valence-electron chi connectivity index (χ1n) is 5.64. The van der Waals surface area contributed by atoms with Crippen LogP contribution in [0.25, 0.3) is 10.4 Å². The van der Waals surface area contributed by atoms with Crippen LogP contribution in [0.15, 0.2) is 24.5 Å². The summed E-state index contributed by atoms with van der Waals surface area (Å²) in [5.41, 5.74) is 1.10. The Morgan fingerprint density at radius 2 is 2.06 bits per heavy atom. The van der Waals surface area contributed by atoms with Crippen molar-refractivity contribution in [1.29, 1.82) is 0 Å². The highest BCUT2D eigenvalue weighted by Gasteiger charge is 2.06. The number of nitrogens with zero attached hydrogens (tertiary/aromatic N) is 2. The highest BCUT2D eigenvalue weighted by atomic mass is 32.1. The fraction of sp³-hybridized carbons (Fsp3) is 0.385. The molecule has 90 valence electrons. The fourth-order valence-corrected chi connectivity index (χ4v) is 2.65. The summed E-state index contributed by atoms with van der Waals surface area (Å²) in [4.78, 5) is 9.80. The maximum Gasteiger partial charge on any atom is 0.212 e. The fourth-order valence-electron chi connectivity index (χ4n) is 1.53. The molecule has 2 heterocycles. The quantitative estimate of drug-likeness (QED) is 0.831. The van der Waals surface area contributed by atoms with E-state index in [4.69, 9.17) is 4.74 Å². The zero-order valence-electron chi connectivity index (χ0n) is 10.3. The Labute approximate surface area is 106 Å². The maximum absolute atomic E-state index is 5.04. The van der Waals surface area contributed by atoms with E-state index < -0.39 is 0 Å². The van der Waals surface area contributed by atoms with Crippen LogP contribution in [-0.2, 0) is 6.42 Å². The molecule has 0 N–H and O–H groups in total. The molecular weight excluding hydrogens is 232 g/mol. The minimum Gasteiger partial charge on any atom is -0.481 e. The first kappa shape index (κ1) is 12.0. The molecule has 2 aromatic heterocycles. The van der Waals surface area contributed by atoms with Crippen LogP contribution in [0.5, 0.6) is 5.88 Å². The molecule has 0 fully saturated rings. The normalized spacial score (nSPS) is 10.8. The van der Waals surface area contributed by atoms with Crippen molar-refractivity contribution in [3.8, 4) is 16.3 Å². The summed E-state index contributed by atoms with van der Waals surface area (Å²) in [6.07, 6.45) is 4.78. The van der Waals surface area contributed by atoms with E-state index in [9.17, 15) is 0 Å². The number of aromatic nitrogens is 2. The molecule has 0 atom stereocenters. The standard InChI is InChI=1S/C13H16N2OS/c1-9(2)6-13-15-8-11(17-13)10-4-5-12(16-3)14-7-10/h4-5,7-9H,6H2,1-3H3. The van der Waals surface area contributed by atoms with Crippen LogP contribution in [0.2, 0.25) is 0 Å². The van der Waals surface area contributed by atoms with Gasteiger partial charge in [-0.3, -0.25) is 0 Å². The Balaban J connectivity index is 2.18. The molecule has 0 amide bonds. The minimum absolute atomic E-state index is 0.640. The van der Waals surface area contributed by atoms with E-state index in [2.05, 4.69) is 23.8 Å². The summed E-state index contributed by atoms with van der Waals surface area (Å²) in [6, 6.07) is 3.88. The maximum atomic E-state index is 5.04. The molecule has 0 aromatic carbocycles. The molecule has 0 radical (unpaired) electrons.